The van der Waals surface area contributed by atoms with E-state index < -0.39 is 8.32 Å². The highest BCUT2D eigenvalue weighted by atomic mass is 28.4. The van der Waals surface area contributed by atoms with E-state index in [1.54, 1.807) is 13.1 Å². The molecule has 0 bridgehead atoms. The van der Waals surface area contributed by atoms with Gasteiger partial charge >= 0.3 is 0 Å². The van der Waals surface area contributed by atoms with Crippen LogP contribution in [0.25, 0.3) is 0 Å². The molecule has 0 aliphatic carbocycles. The largest absolute Gasteiger partial charge is 0.413 e. The third-order valence-corrected chi connectivity index (χ3v) is 7.90. The van der Waals surface area contributed by atoms with Gasteiger partial charge in [-0.2, -0.15) is 0 Å². The first kappa shape index (κ1) is 17.3. The number of hydrogen-bond acceptors (Lipinski definition) is 3. The number of rotatable bonds is 5. The highest BCUT2D eigenvalue weighted by Crippen LogP contribution is 2.36. The number of carbonyl (C=O) groups excluding carboxylic acids is 1. The third-order valence-electron chi connectivity index (χ3n) is 3.42. The molecule has 0 saturated carbocycles. The first-order valence-corrected chi connectivity index (χ1v) is 9.05. The summed E-state index contributed by atoms with van der Waals surface area (Å²) in [5, 5.41) is 1.37. The Balaban J connectivity index is 4.48. The second-order valence-electron chi connectivity index (χ2n) is 6.06. The van der Waals surface area contributed by atoms with Crippen LogP contribution in [0.5, 0.6) is 0 Å². The summed E-state index contributed by atoms with van der Waals surface area (Å²) < 4.78 is 6.03. The number of amides is 1. The van der Waals surface area contributed by atoms with Gasteiger partial charge in [0.1, 0.15) is 0 Å². The fraction of sp³-hybridized carbons (Fsp3) is 0.769. The van der Waals surface area contributed by atoms with E-state index in [1.165, 1.54) is 12.2 Å². The van der Waals surface area contributed by atoms with Crippen molar-refractivity contribution in [1.82, 2.24) is 5.06 Å². The smallest absolute Gasteiger partial charge is 0.269 e. The van der Waals surface area contributed by atoms with Crippen molar-refractivity contribution in [1.29, 1.82) is 0 Å². The molecule has 5 heteroatoms. The van der Waals surface area contributed by atoms with Crippen LogP contribution in [0, 0.1) is 0 Å². The van der Waals surface area contributed by atoms with Gasteiger partial charge in [-0.15, -0.1) is 0 Å². The van der Waals surface area contributed by atoms with Crippen LogP contribution in [-0.2, 0) is 14.1 Å². The van der Waals surface area contributed by atoms with Crippen LogP contribution in [0.3, 0.4) is 0 Å². The van der Waals surface area contributed by atoms with Crippen molar-refractivity contribution in [3.8, 4) is 0 Å². The summed E-state index contributed by atoms with van der Waals surface area (Å²) >= 11 is 0. The van der Waals surface area contributed by atoms with Crippen LogP contribution in [-0.4, -0.2) is 40.1 Å². The number of carbonyl (C=O) groups is 1. The van der Waals surface area contributed by atoms with E-state index in [4.69, 9.17) is 9.26 Å². The highest BCUT2D eigenvalue weighted by molar-refractivity contribution is 6.74. The SMILES string of the molecule is CON(C)C(=O)/C=C(\C)CO[Si](C)(C)C(C)(C)C. The fourth-order valence-electron chi connectivity index (χ4n) is 0.944. The topological polar surface area (TPSA) is 38.8 Å². The van der Waals surface area contributed by atoms with Gasteiger partial charge in [0.2, 0.25) is 0 Å². The first-order valence-electron chi connectivity index (χ1n) is 6.14. The number of hydrogen-bond donors (Lipinski definition) is 0. The lowest BCUT2D eigenvalue weighted by molar-refractivity contribution is -0.162. The van der Waals surface area contributed by atoms with Gasteiger partial charge in [0.25, 0.3) is 5.91 Å². The second-order valence-corrected chi connectivity index (χ2v) is 10.9. The maximum absolute atomic E-state index is 11.6. The molecule has 0 rings (SSSR count). The summed E-state index contributed by atoms with van der Waals surface area (Å²) in [5.41, 5.74) is 0.911. The van der Waals surface area contributed by atoms with Gasteiger partial charge in [0.05, 0.1) is 13.7 Å². The zero-order valence-corrected chi connectivity index (χ0v) is 14.0. The molecule has 1 amide bonds. The van der Waals surface area contributed by atoms with E-state index in [9.17, 15) is 4.79 Å². The van der Waals surface area contributed by atoms with Crippen molar-refractivity contribution >= 4 is 14.2 Å². The van der Waals surface area contributed by atoms with Gasteiger partial charge in [0.15, 0.2) is 8.32 Å². The molecule has 0 unspecified atom stereocenters. The molecular formula is C13H27NO3Si. The zero-order valence-electron chi connectivity index (χ0n) is 13.0. The minimum absolute atomic E-state index is 0.172. The van der Waals surface area contributed by atoms with Gasteiger partial charge in [-0.1, -0.05) is 20.8 Å². The van der Waals surface area contributed by atoms with Crippen LogP contribution in [0.15, 0.2) is 11.6 Å². The molecule has 0 fully saturated rings. The van der Waals surface area contributed by atoms with Gasteiger partial charge in [0, 0.05) is 13.1 Å². The Hall–Kier alpha value is -0.653. The summed E-state index contributed by atoms with van der Waals surface area (Å²) in [6.07, 6.45) is 1.55. The quantitative estimate of drug-likeness (QED) is 0.439. The number of nitrogens with zero attached hydrogens (tertiary/aromatic N) is 1. The molecule has 0 aliphatic heterocycles. The van der Waals surface area contributed by atoms with E-state index in [2.05, 4.69) is 33.9 Å². The van der Waals surface area contributed by atoms with Crippen molar-refractivity contribution < 1.29 is 14.1 Å². The van der Waals surface area contributed by atoms with E-state index >= 15 is 0 Å². The van der Waals surface area contributed by atoms with E-state index in [1.807, 2.05) is 6.92 Å². The molecule has 4 nitrogen and oxygen atoms in total. The van der Waals surface area contributed by atoms with Crippen LogP contribution < -0.4 is 0 Å². The minimum Gasteiger partial charge on any atom is -0.413 e. The molecule has 0 spiro atoms. The van der Waals surface area contributed by atoms with Crippen LogP contribution >= 0.6 is 0 Å². The highest BCUT2D eigenvalue weighted by Gasteiger charge is 2.36. The Morgan fingerprint density at radius 3 is 2.22 bits per heavy atom. The summed E-state index contributed by atoms with van der Waals surface area (Å²) in [7, 11) is 1.30. The minimum atomic E-state index is -1.75. The lowest BCUT2D eigenvalue weighted by atomic mass is 10.2. The molecule has 106 valence electrons. The summed E-state index contributed by atoms with van der Waals surface area (Å²) in [6.45, 7) is 13.4. The van der Waals surface area contributed by atoms with Crippen molar-refractivity contribution in [2.24, 2.45) is 0 Å². The number of likely N-dealkylation sites (N-methyl/N-ethyl adjacent to an activating group) is 1. The van der Waals surface area contributed by atoms with Gasteiger partial charge in [-0.25, -0.2) is 5.06 Å². The van der Waals surface area contributed by atoms with Gasteiger partial charge in [-0.05, 0) is 30.6 Å². The monoisotopic (exact) mass is 273 g/mol. The lowest BCUT2D eigenvalue weighted by Gasteiger charge is -2.36. The van der Waals surface area contributed by atoms with Gasteiger partial charge in [-0.3, -0.25) is 9.63 Å². The standard InChI is InChI=1S/C13H27NO3Si/c1-11(9-12(15)14(5)16-6)10-17-18(7,8)13(2,3)4/h9H,10H2,1-8H3/b11-9+. The molecule has 0 saturated heterocycles. The summed E-state index contributed by atoms with van der Waals surface area (Å²) in [4.78, 5) is 16.4. The summed E-state index contributed by atoms with van der Waals surface area (Å²) in [5.74, 6) is -0.172. The Bertz CT molecular complexity index is 319. The predicted molar refractivity (Wildman–Crippen MR) is 76.7 cm³/mol. The molecule has 0 aromatic heterocycles. The Labute approximate surface area is 112 Å². The predicted octanol–water partition coefficient (Wildman–Crippen LogP) is 2.97. The van der Waals surface area contributed by atoms with E-state index in [0.717, 1.165) is 5.57 Å². The molecule has 18 heavy (non-hydrogen) atoms. The Kier molecular flexibility index (Phi) is 6.26. The lowest BCUT2D eigenvalue weighted by Crippen LogP contribution is -2.41. The van der Waals surface area contributed by atoms with Gasteiger partial charge < -0.3 is 4.43 Å². The average molecular weight is 273 g/mol. The zero-order chi connectivity index (χ0) is 14.6. The van der Waals surface area contributed by atoms with E-state index in [-0.39, 0.29) is 10.9 Å². The number of hydroxylamine groups is 2. The first-order chi connectivity index (χ1) is 8.01. The molecule has 0 atom stereocenters. The third kappa shape index (κ3) is 5.33. The molecule has 0 heterocycles. The Morgan fingerprint density at radius 2 is 1.83 bits per heavy atom. The van der Waals surface area contributed by atoms with Crippen molar-refractivity contribution in [2.75, 3.05) is 20.8 Å². The normalized spacial score (nSPS) is 13.7. The van der Waals surface area contributed by atoms with Crippen molar-refractivity contribution in [3.63, 3.8) is 0 Å². The maximum atomic E-state index is 11.6. The molecule has 0 N–H and O–H groups in total. The van der Waals surface area contributed by atoms with Crippen molar-refractivity contribution in [2.45, 2.75) is 45.8 Å². The maximum Gasteiger partial charge on any atom is 0.269 e. The van der Waals surface area contributed by atoms with Crippen LogP contribution in [0.4, 0.5) is 0 Å². The fourth-order valence-corrected chi connectivity index (χ4v) is 1.97. The summed E-state index contributed by atoms with van der Waals surface area (Å²) in [6, 6.07) is 0. The van der Waals surface area contributed by atoms with Crippen LogP contribution in [0.2, 0.25) is 18.1 Å². The van der Waals surface area contributed by atoms with Crippen LogP contribution in [0.1, 0.15) is 27.7 Å². The Morgan fingerprint density at radius 1 is 1.33 bits per heavy atom. The molecular weight excluding hydrogens is 246 g/mol. The second kappa shape index (κ2) is 6.50. The molecule has 0 aromatic rings. The van der Waals surface area contributed by atoms with E-state index in [0.29, 0.717) is 6.61 Å². The molecule has 0 aliphatic rings. The average Bonchev–Trinajstić information content (AvgIpc) is 2.23. The van der Waals surface area contributed by atoms with Crippen molar-refractivity contribution in [3.05, 3.63) is 11.6 Å². The molecule has 0 radical (unpaired) electrons. The molecule has 0 aromatic carbocycles.